The predicted octanol–water partition coefficient (Wildman–Crippen LogP) is 3.68. The SMILES string of the molecule is Clc1cc(Cl)c(Cl)c([C@@H]2CCN2)c1. The molecule has 1 fully saturated rings. The molecule has 0 radical (unpaired) electrons. The molecule has 1 saturated heterocycles. The Bertz CT molecular complexity index is 334. The quantitative estimate of drug-likeness (QED) is 0.734. The van der Waals surface area contributed by atoms with Crippen LogP contribution in [0.15, 0.2) is 12.1 Å². The summed E-state index contributed by atoms with van der Waals surface area (Å²) in [5, 5.41) is 5.03. The molecular formula is C9H8Cl3N. The average molecular weight is 237 g/mol. The van der Waals surface area contributed by atoms with E-state index in [1.807, 2.05) is 6.07 Å². The summed E-state index contributed by atoms with van der Waals surface area (Å²) in [6, 6.07) is 3.85. The van der Waals surface area contributed by atoms with Gasteiger partial charge in [0.15, 0.2) is 0 Å². The van der Waals surface area contributed by atoms with E-state index in [9.17, 15) is 0 Å². The van der Waals surface area contributed by atoms with E-state index < -0.39 is 0 Å². The highest BCUT2D eigenvalue weighted by Crippen LogP contribution is 2.36. The molecule has 1 aliphatic heterocycles. The Kier molecular flexibility index (Phi) is 2.70. The third-order valence-electron chi connectivity index (χ3n) is 2.22. The second-order valence-electron chi connectivity index (χ2n) is 3.09. The first-order valence-electron chi connectivity index (χ1n) is 4.06. The van der Waals surface area contributed by atoms with Crippen LogP contribution in [0.25, 0.3) is 0 Å². The molecule has 0 saturated carbocycles. The van der Waals surface area contributed by atoms with Crippen molar-refractivity contribution < 1.29 is 0 Å². The van der Waals surface area contributed by atoms with Gasteiger partial charge in [-0.1, -0.05) is 34.8 Å². The molecule has 0 bridgehead atoms. The van der Waals surface area contributed by atoms with Crippen LogP contribution in [0.1, 0.15) is 18.0 Å². The van der Waals surface area contributed by atoms with E-state index in [0.717, 1.165) is 18.5 Å². The van der Waals surface area contributed by atoms with E-state index in [4.69, 9.17) is 34.8 Å². The lowest BCUT2D eigenvalue weighted by Crippen LogP contribution is -2.35. The van der Waals surface area contributed by atoms with Crippen molar-refractivity contribution in [2.24, 2.45) is 0 Å². The molecule has 1 aliphatic rings. The first kappa shape index (κ1) is 9.60. The van der Waals surface area contributed by atoms with Crippen LogP contribution in [0.2, 0.25) is 15.1 Å². The summed E-state index contributed by atoms with van der Waals surface area (Å²) in [6.07, 6.45) is 1.09. The van der Waals surface area contributed by atoms with Crippen molar-refractivity contribution >= 4 is 34.8 Å². The summed E-state index contributed by atoms with van der Waals surface area (Å²) in [4.78, 5) is 0. The van der Waals surface area contributed by atoms with E-state index in [1.54, 1.807) is 6.07 Å². The van der Waals surface area contributed by atoms with Crippen LogP contribution in [0.5, 0.6) is 0 Å². The number of rotatable bonds is 1. The van der Waals surface area contributed by atoms with Gasteiger partial charge in [0, 0.05) is 11.1 Å². The van der Waals surface area contributed by atoms with Crippen LogP contribution >= 0.6 is 34.8 Å². The topological polar surface area (TPSA) is 12.0 Å². The summed E-state index contributed by atoms with van der Waals surface area (Å²) in [6.45, 7) is 1.03. The van der Waals surface area contributed by atoms with Gasteiger partial charge in [0.1, 0.15) is 0 Å². The highest BCUT2D eigenvalue weighted by Gasteiger charge is 2.22. The lowest BCUT2D eigenvalue weighted by atomic mass is 9.98. The second-order valence-corrected chi connectivity index (χ2v) is 4.31. The molecule has 1 N–H and O–H groups in total. The van der Waals surface area contributed by atoms with Crippen LogP contribution in [0, 0.1) is 0 Å². The Morgan fingerprint density at radius 2 is 1.92 bits per heavy atom. The van der Waals surface area contributed by atoms with Gasteiger partial charge < -0.3 is 5.32 Å². The van der Waals surface area contributed by atoms with Gasteiger partial charge in [-0.2, -0.15) is 0 Å². The van der Waals surface area contributed by atoms with Gasteiger partial charge in [-0.25, -0.2) is 0 Å². The van der Waals surface area contributed by atoms with Gasteiger partial charge in [0.2, 0.25) is 0 Å². The van der Waals surface area contributed by atoms with Crippen molar-refractivity contribution in [3.05, 3.63) is 32.8 Å². The lowest BCUT2D eigenvalue weighted by Gasteiger charge is -2.29. The summed E-state index contributed by atoms with van der Waals surface area (Å²) >= 11 is 17.8. The maximum atomic E-state index is 6.04. The fourth-order valence-corrected chi connectivity index (χ4v) is 2.13. The van der Waals surface area contributed by atoms with Crippen molar-refractivity contribution in [3.63, 3.8) is 0 Å². The number of nitrogens with one attached hydrogen (secondary N) is 1. The van der Waals surface area contributed by atoms with Gasteiger partial charge in [0.25, 0.3) is 0 Å². The molecule has 1 nitrogen and oxygen atoms in total. The van der Waals surface area contributed by atoms with E-state index in [2.05, 4.69) is 5.32 Å². The highest BCUT2D eigenvalue weighted by molar-refractivity contribution is 6.43. The Balaban J connectivity index is 2.42. The zero-order valence-corrected chi connectivity index (χ0v) is 9.05. The third kappa shape index (κ3) is 1.79. The van der Waals surface area contributed by atoms with Crippen molar-refractivity contribution in [3.8, 4) is 0 Å². The van der Waals surface area contributed by atoms with Crippen LogP contribution in [-0.2, 0) is 0 Å². The summed E-state index contributed by atoms with van der Waals surface area (Å²) in [5.74, 6) is 0. The molecule has 1 aromatic rings. The Labute approximate surface area is 92.0 Å². The largest absolute Gasteiger partial charge is 0.310 e. The van der Waals surface area contributed by atoms with Crippen LogP contribution in [0.3, 0.4) is 0 Å². The number of halogens is 3. The Morgan fingerprint density at radius 1 is 1.23 bits per heavy atom. The third-order valence-corrected chi connectivity index (χ3v) is 3.26. The molecular weight excluding hydrogens is 228 g/mol. The maximum Gasteiger partial charge on any atom is 0.0641 e. The Hall–Kier alpha value is 0.0500. The number of hydrogen-bond acceptors (Lipinski definition) is 1. The first-order chi connectivity index (χ1) is 6.18. The molecule has 0 amide bonds. The fraction of sp³-hybridized carbons (Fsp3) is 0.333. The van der Waals surface area contributed by atoms with E-state index in [-0.39, 0.29) is 0 Å². The van der Waals surface area contributed by atoms with Gasteiger partial charge >= 0.3 is 0 Å². The first-order valence-corrected chi connectivity index (χ1v) is 5.19. The Morgan fingerprint density at radius 3 is 2.46 bits per heavy atom. The highest BCUT2D eigenvalue weighted by atomic mass is 35.5. The summed E-state index contributed by atoms with van der Waals surface area (Å²) < 4.78 is 0. The molecule has 0 aromatic heterocycles. The molecule has 2 rings (SSSR count). The van der Waals surface area contributed by atoms with E-state index in [0.29, 0.717) is 21.1 Å². The van der Waals surface area contributed by atoms with Crippen molar-refractivity contribution in [2.75, 3.05) is 6.54 Å². The molecule has 1 aromatic carbocycles. The molecule has 0 aliphatic carbocycles. The van der Waals surface area contributed by atoms with Crippen LogP contribution < -0.4 is 5.32 Å². The number of benzene rings is 1. The molecule has 13 heavy (non-hydrogen) atoms. The van der Waals surface area contributed by atoms with Gasteiger partial charge in [0.05, 0.1) is 10.0 Å². The van der Waals surface area contributed by atoms with Crippen molar-refractivity contribution in [1.82, 2.24) is 5.32 Å². The monoisotopic (exact) mass is 235 g/mol. The van der Waals surface area contributed by atoms with Crippen LogP contribution in [0.4, 0.5) is 0 Å². The minimum Gasteiger partial charge on any atom is -0.310 e. The summed E-state index contributed by atoms with van der Waals surface area (Å²) in [7, 11) is 0. The van der Waals surface area contributed by atoms with Crippen LogP contribution in [-0.4, -0.2) is 6.54 Å². The molecule has 70 valence electrons. The predicted molar refractivity (Wildman–Crippen MR) is 56.8 cm³/mol. The smallest absolute Gasteiger partial charge is 0.0641 e. The van der Waals surface area contributed by atoms with E-state index >= 15 is 0 Å². The minimum atomic E-state index is 0.323. The lowest BCUT2D eigenvalue weighted by molar-refractivity contribution is 0.383. The van der Waals surface area contributed by atoms with Gasteiger partial charge in [-0.3, -0.25) is 0 Å². The fourth-order valence-electron chi connectivity index (χ4n) is 1.38. The standard InChI is InChI=1S/C9H8Cl3N/c10-5-3-6(8-1-2-13-8)9(12)7(11)4-5/h3-4,8,13H,1-2H2/t8-/m0/s1. The zero-order chi connectivity index (χ0) is 9.42. The van der Waals surface area contributed by atoms with Gasteiger partial charge in [-0.15, -0.1) is 0 Å². The van der Waals surface area contributed by atoms with Crippen molar-refractivity contribution in [2.45, 2.75) is 12.5 Å². The zero-order valence-electron chi connectivity index (χ0n) is 6.78. The molecule has 0 unspecified atom stereocenters. The number of hydrogen-bond donors (Lipinski definition) is 1. The maximum absolute atomic E-state index is 6.04. The molecule has 0 spiro atoms. The average Bonchev–Trinajstić information content (AvgIpc) is 1.95. The minimum absolute atomic E-state index is 0.323. The molecule has 1 heterocycles. The molecule has 4 heteroatoms. The van der Waals surface area contributed by atoms with Gasteiger partial charge in [-0.05, 0) is 30.7 Å². The summed E-state index contributed by atoms with van der Waals surface area (Å²) in [5.41, 5.74) is 1.01. The van der Waals surface area contributed by atoms with Crippen molar-refractivity contribution in [1.29, 1.82) is 0 Å². The normalized spacial score (nSPS) is 21.3. The van der Waals surface area contributed by atoms with E-state index in [1.165, 1.54) is 0 Å². The molecule has 1 atom stereocenters. The second kappa shape index (κ2) is 3.66.